The number of carbonyl (C=O) groups excluding carboxylic acids is 3. The summed E-state index contributed by atoms with van der Waals surface area (Å²) in [4.78, 5) is 36.2. The van der Waals surface area contributed by atoms with Crippen molar-refractivity contribution in [2.45, 2.75) is 6.54 Å². The quantitative estimate of drug-likeness (QED) is 0.489. The maximum atomic E-state index is 11.7. The van der Waals surface area contributed by atoms with Crippen molar-refractivity contribution >= 4 is 35.1 Å². The van der Waals surface area contributed by atoms with Crippen LogP contribution in [-0.2, 0) is 16.1 Å². The van der Waals surface area contributed by atoms with E-state index in [1.54, 1.807) is 18.2 Å². The Morgan fingerprint density at radius 2 is 1.89 bits per heavy atom. The summed E-state index contributed by atoms with van der Waals surface area (Å²) in [7, 11) is 1.25. The van der Waals surface area contributed by atoms with Crippen LogP contribution in [0.4, 0.5) is 10.5 Å². The molecule has 1 aliphatic rings. The second-order valence-electron chi connectivity index (χ2n) is 3.88. The highest BCUT2D eigenvalue weighted by molar-refractivity contribution is 6.44. The summed E-state index contributed by atoms with van der Waals surface area (Å²) in [5.41, 5.74) is 6.65. The van der Waals surface area contributed by atoms with E-state index in [0.29, 0.717) is 16.3 Å². The highest BCUT2D eigenvalue weighted by Crippen LogP contribution is 2.22. The molecule has 1 aromatic rings. The van der Waals surface area contributed by atoms with Crippen LogP contribution in [0.1, 0.15) is 5.56 Å². The molecule has 0 atom stereocenters. The monoisotopic (exact) mass is 267 g/mol. The van der Waals surface area contributed by atoms with E-state index < -0.39 is 17.8 Å². The molecule has 0 unspecified atom stereocenters. The Bertz CT molecular complexity index is 558. The number of hydrogen-bond acceptors (Lipinski definition) is 4. The van der Waals surface area contributed by atoms with Gasteiger partial charge in [-0.05, 0) is 23.8 Å². The van der Waals surface area contributed by atoms with Gasteiger partial charge in [-0.3, -0.25) is 19.4 Å². The Morgan fingerprint density at radius 1 is 1.22 bits per heavy atom. The van der Waals surface area contributed by atoms with Gasteiger partial charge >= 0.3 is 17.8 Å². The number of amides is 4. The number of likely N-dealkylation sites (N-methyl/N-ethyl adjacent to an activating group) is 1. The molecule has 2 N–H and O–H groups in total. The number of anilines is 1. The van der Waals surface area contributed by atoms with Gasteiger partial charge in [-0.25, -0.2) is 4.79 Å². The van der Waals surface area contributed by atoms with Gasteiger partial charge in [-0.2, -0.15) is 0 Å². The average Bonchev–Trinajstić information content (AvgIpc) is 2.51. The van der Waals surface area contributed by atoms with Crippen molar-refractivity contribution in [2.24, 2.45) is 0 Å². The standard InChI is InChI=1S/C11H10ClN3O3/c1-14-9(16)10(17)15(11(14)18)5-6-4-7(12)2-3-8(6)13/h2-4H,5,13H2,1H3. The lowest BCUT2D eigenvalue weighted by Crippen LogP contribution is -2.31. The summed E-state index contributed by atoms with van der Waals surface area (Å²) in [6.07, 6.45) is 0. The zero-order valence-corrected chi connectivity index (χ0v) is 10.3. The minimum Gasteiger partial charge on any atom is -0.398 e. The smallest absolute Gasteiger partial charge is 0.334 e. The molecule has 1 saturated heterocycles. The molecule has 0 aliphatic carbocycles. The lowest BCUT2D eigenvalue weighted by Gasteiger charge is -2.14. The summed E-state index contributed by atoms with van der Waals surface area (Å²) < 4.78 is 0. The van der Waals surface area contributed by atoms with Crippen LogP contribution < -0.4 is 5.73 Å². The van der Waals surface area contributed by atoms with Crippen LogP contribution in [0.25, 0.3) is 0 Å². The molecule has 0 saturated carbocycles. The van der Waals surface area contributed by atoms with Crippen LogP contribution in [0.3, 0.4) is 0 Å². The molecule has 18 heavy (non-hydrogen) atoms. The van der Waals surface area contributed by atoms with E-state index in [4.69, 9.17) is 17.3 Å². The third-order valence-corrected chi connectivity index (χ3v) is 2.92. The zero-order chi connectivity index (χ0) is 13.4. The van der Waals surface area contributed by atoms with Gasteiger partial charge < -0.3 is 5.73 Å². The maximum Gasteiger partial charge on any atom is 0.334 e. The summed E-state index contributed by atoms with van der Waals surface area (Å²) in [5.74, 6) is -1.71. The number of benzene rings is 1. The Balaban J connectivity index is 2.29. The highest BCUT2D eigenvalue weighted by Gasteiger charge is 2.42. The zero-order valence-electron chi connectivity index (χ0n) is 9.51. The molecule has 0 bridgehead atoms. The molecule has 2 rings (SSSR count). The van der Waals surface area contributed by atoms with Crippen LogP contribution in [0, 0.1) is 0 Å². The average molecular weight is 268 g/mol. The molecule has 1 aliphatic heterocycles. The first-order valence-electron chi connectivity index (χ1n) is 5.09. The second kappa shape index (κ2) is 4.30. The van der Waals surface area contributed by atoms with Gasteiger partial charge in [0.05, 0.1) is 6.54 Å². The molecule has 1 aromatic carbocycles. The molecule has 0 spiro atoms. The third-order valence-electron chi connectivity index (χ3n) is 2.68. The van der Waals surface area contributed by atoms with E-state index in [9.17, 15) is 14.4 Å². The fourth-order valence-corrected chi connectivity index (χ4v) is 1.83. The number of imide groups is 2. The molecular weight excluding hydrogens is 258 g/mol. The predicted molar refractivity (Wildman–Crippen MR) is 64.6 cm³/mol. The molecule has 1 heterocycles. The van der Waals surface area contributed by atoms with Gasteiger partial charge in [0.15, 0.2) is 0 Å². The molecular formula is C11H10ClN3O3. The lowest BCUT2D eigenvalue weighted by molar-refractivity contribution is -0.143. The van der Waals surface area contributed by atoms with Crippen LogP contribution in [0.15, 0.2) is 18.2 Å². The molecule has 4 amide bonds. The minimum atomic E-state index is -0.859. The summed E-state index contributed by atoms with van der Waals surface area (Å²) in [6, 6.07) is 4.07. The first-order valence-corrected chi connectivity index (χ1v) is 5.47. The number of halogens is 1. The number of hydrogen-bond donors (Lipinski definition) is 1. The Hall–Kier alpha value is -2.08. The summed E-state index contributed by atoms with van der Waals surface area (Å²) >= 11 is 5.81. The number of nitrogens with two attached hydrogens (primary N) is 1. The first-order chi connectivity index (χ1) is 8.41. The summed E-state index contributed by atoms with van der Waals surface area (Å²) in [6.45, 7) is -0.0693. The van der Waals surface area contributed by atoms with E-state index in [1.165, 1.54) is 7.05 Å². The highest BCUT2D eigenvalue weighted by atomic mass is 35.5. The fourth-order valence-electron chi connectivity index (χ4n) is 1.63. The van der Waals surface area contributed by atoms with E-state index in [-0.39, 0.29) is 6.54 Å². The van der Waals surface area contributed by atoms with Gasteiger partial charge in [0.25, 0.3) is 0 Å². The predicted octanol–water partition coefficient (Wildman–Crippen LogP) is 0.843. The lowest BCUT2D eigenvalue weighted by atomic mass is 10.1. The van der Waals surface area contributed by atoms with Crippen LogP contribution >= 0.6 is 11.6 Å². The van der Waals surface area contributed by atoms with Crippen LogP contribution in [-0.4, -0.2) is 34.7 Å². The number of nitrogen functional groups attached to an aromatic ring is 1. The van der Waals surface area contributed by atoms with Crippen molar-refractivity contribution in [3.63, 3.8) is 0 Å². The Morgan fingerprint density at radius 3 is 2.44 bits per heavy atom. The summed E-state index contributed by atoms with van der Waals surface area (Å²) in [5, 5.41) is 0.443. The van der Waals surface area contributed by atoms with Gasteiger partial charge in [-0.1, -0.05) is 11.6 Å². The Kier molecular flexibility index (Phi) is 2.96. The fraction of sp³-hybridized carbons (Fsp3) is 0.182. The number of carbonyl (C=O) groups is 3. The Labute approximate surface area is 108 Å². The van der Waals surface area contributed by atoms with Crippen molar-refractivity contribution in [3.8, 4) is 0 Å². The number of rotatable bonds is 2. The number of nitrogens with zero attached hydrogens (tertiary/aromatic N) is 2. The maximum absolute atomic E-state index is 11.7. The topological polar surface area (TPSA) is 83.7 Å². The van der Waals surface area contributed by atoms with Crippen molar-refractivity contribution in [3.05, 3.63) is 28.8 Å². The van der Waals surface area contributed by atoms with Gasteiger partial charge in [0.2, 0.25) is 0 Å². The number of urea groups is 1. The third kappa shape index (κ3) is 1.91. The molecule has 6 nitrogen and oxygen atoms in total. The SMILES string of the molecule is CN1C(=O)C(=O)N(Cc2cc(Cl)ccc2N)C1=O. The van der Waals surface area contributed by atoms with E-state index in [0.717, 1.165) is 9.80 Å². The molecule has 94 valence electrons. The first kappa shape index (κ1) is 12.4. The minimum absolute atomic E-state index is 0.0693. The molecule has 7 heteroatoms. The molecule has 0 radical (unpaired) electrons. The van der Waals surface area contributed by atoms with E-state index >= 15 is 0 Å². The van der Waals surface area contributed by atoms with Crippen LogP contribution in [0.5, 0.6) is 0 Å². The van der Waals surface area contributed by atoms with E-state index in [1.807, 2.05) is 0 Å². The second-order valence-corrected chi connectivity index (χ2v) is 4.32. The van der Waals surface area contributed by atoms with Crippen molar-refractivity contribution in [1.82, 2.24) is 9.80 Å². The van der Waals surface area contributed by atoms with Gasteiger partial charge in [0, 0.05) is 17.8 Å². The normalized spacial score (nSPS) is 15.8. The van der Waals surface area contributed by atoms with Crippen molar-refractivity contribution < 1.29 is 14.4 Å². The van der Waals surface area contributed by atoms with Crippen molar-refractivity contribution in [1.29, 1.82) is 0 Å². The largest absolute Gasteiger partial charge is 0.398 e. The van der Waals surface area contributed by atoms with Crippen LogP contribution in [0.2, 0.25) is 5.02 Å². The van der Waals surface area contributed by atoms with Gasteiger partial charge in [-0.15, -0.1) is 0 Å². The van der Waals surface area contributed by atoms with E-state index in [2.05, 4.69) is 0 Å². The van der Waals surface area contributed by atoms with Crippen molar-refractivity contribution in [2.75, 3.05) is 12.8 Å². The molecule has 1 fully saturated rings. The molecule has 0 aromatic heterocycles. The van der Waals surface area contributed by atoms with Gasteiger partial charge in [0.1, 0.15) is 0 Å².